The quantitative estimate of drug-likeness (QED) is 0.375. The van der Waals surface area contributed by atoms with Crippen molar-refractivity contribution in [3.8, 4) is 0 Å². The summed E-state index contributed by atoms with van der Waals surface area (Å²) >= 11 is 0. The maximum absolute atomic E-state index is 9.57. The average molecular weight is 203 g/mol. The first kappa shape index (κ1) is 11.2. The number of aliphatic hydroxyl groups excluding tert-OH is 2. The smallest absolute Gasteiger partial charge is 0.184 e. The number of hydrogen-bond acceptors (Lipinski definition) is 5. The third-order valence-corrected chi connectivity index (χ3v) is 2.15. The summed E-state index contributed by atoms with van der Waals surface area (Å²) in [5.74, 6) is 0. The van der Waals surface area contributed by atoms with E-state index in [-0.39, 0.29) is 0 Å². The van der Waals surface area contributed by atoms with Crippen molar-refractivity contribution in [1.82, 2.24) is 0 Å². The highest BCUT2D eigenvalue weighted by atomic mass is 16.7. The van der Waals surface area contributed by atoms with Gasteiger partial charge in [-0.1, -0.05) is 5.11 Å². The van der Waals surface area contributed by atoms with Gasteiger partial charge in [-0.15, -0.1) is 0 Å². The van der Waals surface area contributed by atoms with E-state index in [2.05, 4.69) is 10.0 Å². The molecule has 0 amide bonds. The zero-order valence-corrected chi connectivity index (χ0v) is 7.94. The number of ether oxygens (including phenoxy) is 2. The molecule has 0 saturated carbocycles. The second kappa shape index (κ2) is 4.59. The summed E-state index contributed by atoms with van der Waals surface area (Å²) in [4.78, 5) is 2.59. The summed E-state index contributed by atoms with van der Waals surface area (Å²) in [5, 5.41) is 22.2. The Labute approximate surface area is 80.9 Å². The van der Waals surface area contributed by atoms with Crippen LogP contribution in [0.3, 0.4) is 0 Å². The molecule has 0 aromatic heterocycles. The van der Waals surface area contributed by atoms with E-state index in [1.165, 1.54) is 14.0 Å². The van der Waals surface area contributed by atoms with Crippen LogP contribution in [0, 0.1) is 0 Å². The molecule has 0 aromatic carbocycles. The van der Waals surface area contributed by atoms with Crippen molar-refractivity contribution in [2.24, 2.45) is 5.11 Å². The molecule has 14 heavy (non-hydrogen) atoms. The highest BCUT2D eigenvalue weighted by Crippen LogP contribution is 2.26. The second-order valence-corrected chi connectivity index (χ2v) is 3.13. The van der Waals surface area contributed by atoms with Crippen LogP contribution in [0.2, 0.25) is 0 Å². The first-order valence-electron chi connectivity index (χ1n) is 4.20. The molecule has 1 saturated heterocycles. The van der Waals surface area contributed by atoms with Gasteiger partial charge in [0.05, 0.1) is 18.2 Å². The Morgan fingerprint density at radius 3 is 2.71 bits per heavy atom. The predicted molar refractivity (Wildman–Crippen MR) is 46.3 cm³/mol. The van der Waals surface area contributed by atoms with Crippen LogP contribution < -0.4 is 0 Å². The lowest BCUT2D eigenvalue weighted by molar-refractivity contribution is -0.161. The van der Waals surface area contributed by atoms with Gasteiger partial charge in [-0.05, 0) is 12.5 Å². The zero-order valence-electron chi connectivity index (χ0n) is 7.94. The van der Waals surface area contributed by atoms with Gasteiger partial charge in [0.15, 0.2) is 6.29 Å². The number of rotatable bonds is 3. The summed E-state index contributed by atoms with van der Waals surface area (Å²) in [6.07, 6.45) is -3.47. The van der Waals surface area contributed by atoms with Gasteiger partial charge in [-0.25, -0.2) is 0 Å². The lowest BCUT2D eigenvalue weighted by Crippen LogP contribution is -2.36. The minimum absolute atomic E-state index is 0.731. The molecule has 1 aliphatic rings. The Kier molecular flexibility index (Phi) is 3.68. The molecular weight excluding hydrogens is 190 g/mol. The van der Waals surface area contributed by atoms with Crippen molar-refractivity contribution in [3.63, 3.8) is 0 Å². The number of methoxy groups -OCH3 is 1. The Morgan fingerprint density at radius 2 is 2.29 bits per heavy atom. The van der Waals surface area contributed by atoms with E-state index in [0.29, 0.717) is 0 Å². The van der Waals surface area contributed by atoms with Crippen LogP contribution >= 0.6 is 0 Å². The maximum Gasteiger partial charge on any atom is 0.184 e. The fraction of sp³-hybridized carbons (Fsp3) is 1.00. The second-order valence-electron chi connectivity index (χ2n) is 3.13. The molecule has 1 rings (SSSR count). The van der Waals surface area contributed by atoms with E-state index in [0.717, 1.165) is 0 Å². The average Bonchev–Trinajstić information content (AvgIpc) is 2.45. The van der Waals surface area contributed by atoms with E-state index in [4.69, 9.17) is 15.0 Å². The number of azide groups is 1. The Balaban J connectivity index is 2.81. The monoisotopic (exact) mass is 203 g/mol. The predicted octanol–water partition coefficient (Wildman–Crippen LogP) is -0.222. The van der Waals surface area contributed by atoms with Crippen molar-refractivity contribution >= 4 is 0 Å². The minimum Gasteiger partial charge on any atom is -0.391 e. The van der Waals surface area contributed by atoms with Crippen LogP contribution in [0.5, 0.6) is 0 Å². The number of aliphatic hydroxyl groups is 2. The van der Waals surface area contributed by atoms with Gasteiger partial charge in [0.1, 0.15) is 6.10 Å². The molecular formula is C7H13N3O4. The van der Waals surface area contributed by atoms with E-state index >= 15 is 0 Å². The molecule has 1 aliphatic heterocycles. The van der Waals surface area contributed by atoms with Crippen LogP contribution in [-0.4, -0.2) is 48.0 Å². The van der Waals surface area contributed by atoms with Gasteiger partial charge in [0.2, 0.25) is 0 Å². The summed E-state index contributed by atoms with van der Waals surface area (Å²) < 4.78 is 9.98. The lowest BCUT2D eigenvalue weighted by atomic mass is 10.1. The van der Waals surface area contributed by atoms with Gasteiger partial charge in [0.25, 0.3) is 0 Å². The molecule has 80 valence electrons. The van der Waals surface area contributed by atoms with E-state index in [1.54, 1.807) is 0 Å². The summed E-state index contributed by atoms with van der Waals surface area (Å²) in [7, 11) is 1.37. The topological polar surface area (TPSA) is 108 Å². The fourth-order valence-electron chi connectivity index (χ4n) is 1.46. The van der Waals surface area contributed by atoms with Crippen LogP contribution in [0.25, 0.3) is 10.4 Å². The molecule has 1 heterocycles. The van der Waals surface area contributed by atoms with Crippen molar-refractivity contribution in [1.29, 1.82) is 0 Å². The largest absolute Gasteiger partial charge is 0.391 e. The molecule has 0 aromatic rings. The Morgan fingerprint density at radius 1 is 1.64 bits per heavy atom. The van der Waals surface area contributed by atoms with Gasteiger partial charge >= 0.3 is 0 Å². The first-order chi connectivity index (χ1) is 6.61. The third kappa shape index (κ3) is 1.97. The minimum atomic E-state index is -1.05. The fourth-order valence-corrected chi connectivity index (χ4v) is 1.46. The number of hydrogen-bond donors (Lipinski definition) is 2. The van der Waals surface area contributed by atoms with E-state index in [9.17, 15) is 10.2 Å². The van der Waals surface area contributed by atoms with Crippen molar-refractivity contribution < 1.29 is 19.7 Å². The molecule has 0 bridgehead atoms. The third-order valence-electron chi connectivity index (χ3n) is 2.15. The van der Waals surface area contributed by atoms with Crippen LogP contribution in [0.4, 0.5) is 0 Å². The van der Waals surface area contributed by atoms with Crippen molar-refractivity contribution in [3.05, 3.63) is 10.4 Å². The molecule has 2 N–H and O–H groups in total. The maximum atomic E-state index is 9.57. The van der Waals surface area contributed by atoms with E-state index in [1.807, 2.05) is 0 Å². The summed E-state index contributed by atoms with van der Waals surface area (Å²) in [6, 6.07) is -0.815. The molecule has 5 atom stereocenters. The lowest BCUT2D eigenvalue weighted by Gasteiger charge is -2.16. The van der Waals surface area contributed by atoms with Crippen LogP contribution in [0.1, 0.15) is 6.92 Å². The van der Waals surface area contributed by atoms with Gasteiger partial charge in [-0.2, -0.15) is 0 Å². The van der Waals surface area contributed by atoms with Crippen molar-refractivity contribution in [2.75, 3.05) is 7.11 Å². The number of nitrogens with zero attached hydrogens (tertiary/aromatic N) is 3. The normalized spacial score (nSPS) is 39.1. The zero-order chi connectivity index (χ0) is 10.7. The first-order valence-corrected chi connectivity index (χ1v) is 4.20. The molecule has 0 aliphatic carbocycles. The van der Waals surface area contributed by atoms with Crippen molar-refractivity contribution in [2.45, 2.75) is 37.6 Å². The standard InChI is InChI=1S/C7H13N3O4/c1-3(11)6-4(9-10-8)5(12)7(13-2)14-6/h3-7,11-12H,1-2H3/t3-,4+,5-,6+,7-/m1/s1. The SMILES string of the molecule is CO[C@@H]1O[C@@H]([C@@H](C)O)[C@@H](N=[N+]=[N-])[C@H]1O. The molecule has 1 fully saturated rings. The highest BCUT2D eigenvalue weighted by Gasteiger charge is 2.45. The summed E-state index contributed by atoms with van der Waals surface area (Å²) in [6.45, 7) is 1.50. The van der Waals surface area contributed by atoms with Gasteiger partial charge in [-0.3, -0.25) is 0 Å². The van der Waals surface area contributed by atoms with Gasteiger partial charge in [0, 0.05) is 12.0 Å². The molecule has 0 spiro atoms. The summed E-state index contributed by atoms with van der Waals surface area (Å²) in [5.41, 5.74) is 8.27. The van der Waals surface area contributed by atoms with Gasteiger partial charge < -0.3 is 19.7 Å². The Bertz CT molecular complexity index is 241. The highest BCUT2D eigenvalue weighted by molar-refractivity contribution is 4.94. The Hall–Kier alpha value is -0.850. The molecule has 0 radical (unpaired) electrons. The van der Waals surface area contributed by atoms with Crippen LogP contribution in [-0.2, 0) is 9.47 Å². The van der Waals surface area contributed by atoms with Crippen LogP contribution in [0.15, 0.2) is 5.11 Å². The molecule has 7 nitrogen and oxygen atoms in total. The molecule has 7 heteroatoms. The van der Waals surface area contributed by atoms with E-state index < -0.39 is 30.6 Å². The molecule has 0 unspecified atom stereocenters.